The molecule has 2 fully saturated rings. The van der Waals surface area contributed by atoms with Crippen LogP contribution in [0.3, 0.4) is 0 Å². The van der Waals surface area contributed by atoms with Gasteiger partial charge in [-0.25, -0.2) is 4.98 Å². The van der Waals surface area contributed by atoms with Crippen LogP contribution in [-0.2, 0) is 6.54 Å². The van der Waals surface area contributed by atoms with Gasteiger partial charge in [0.05, 0.1) is 6.54 Å². The highest BCUT2D eigenvalue weighted by molar-refractivity contribution is 5.48. The summed E-state index contributed by atoms with van der Waals surface area (Å²) >= 11 is 0. The van der Waals surface area contributed by atoms with Crippen molar-refractivity contribution in [1.29, 1.82) is 0 Å². The van der Waals surface area contributed by atoms with Gasteiger partial charge in [0.2, 0.25) is 0 Å². The molecule has 0 saturated carbocycles. The van der Waals surface area contributed by atoms with Gasteiger partial charge in [-0.3, -0.25) is 4.90 Å². The number of hydrogen-bond donors (Lipinski definition) is 0. The van der Waals surface area contributed by atoms with Gasteiger partial charge in [-0.1, -0.05) is 6.92 Å². The Morgan fingerprint density at radius 2 is 1.76 bits per heavy atom. The molecule has 2 saturated heterocycles. The van der Waals surface area contributed by atoms with E-state index in [9.17, 15) is 0 Å². The van der Waals surface area contributed by atoms with Gasteiger partial charge in [0.15, 0.2) is 5.82 Å². The van der Waals surface area contributed by atoms with Crippen LogP contribution in [0.25, 0.3) is 5.78 Å². The number of fused-ring (bicyclic) bond motifs is 1. The van der Waals surface area contributed by atoms with E-state index in [4.69, 9.17) is 10.1 Å². The Morgan fingerprint density at radius 1 is 1.04 bits per heavy atom. The van der Waals surface area contributed by atoms with E-state index in [2.05, 4.69) is 39.7 Å². The highest BCUT2D eigenvalue weighted by atomic mass is 15.4. The Bertz CT molecular complexity index is 724. The Hall–Kier alpha value is -1.73. The largest absolute Gasteiger partial charge is 0.356 e. The monoisotopic (exact) mass is 343 g/mol. The molecule has 0 N–H and O–H groups in total. The zero-order valence-corrected chi connectivity index (χ0v) is 15.6. The second-order valence-electron chi connectivity index (χ2n) is 7.74. The van der Waals surface area contributed by atoms with Crippen LogP contribution in [0.4, 0.5) is 5.82 Å². The molecule has 0 atom stereocenters. The maximum absolute atomic E-state index is 4.81. The van der Waals surface area contributed by atoms with Crippen molar-refractivity contribution in [3.63, 3.8) is 0 Å². The molecule has 7 heteroatoms. The zero-order chi connectivity index (χ0) is 17.4. The number of hydrogen-bond acceptors (Lipinski definition) is 6. The minimum atomic E-state index is 0.734. The SMILES string of the molecule is Cc1cc(N2CCC(C)CC2)n2nc(CN3CCN(C)CC3)nc2n1. The summed E-state index contributed by atoms with van der Waals surface area (Å²) in [6.45, 7) is 11.8. The van der Waals surface area contributed by atoms with E-state index >= 15 is 0 Å². The van der Waals surface area contributed by atoms with Crippen molar-refractivity contribution in [1.82, 2.24) is 29.4 Å². The molecular weight excluding hydrogens is 314 g/mol. The van der Waals surface area contributed by atoms with E-state index in [1.54, 1.807) is 0 Å². The van der Waals surface area contributed by atoms with Gasteiger partial charge in [-0.15, -0.1) is 5.10 Å². The number of piperidine rings is 1. The fourth-order valence-corrected chi connectivity index (χ4v) is 3.75. The second kappa shape index (κ2) is 6.88. The maximum atomic E-state index is 4.81. The van der Waals surface area contributed by atoms with E-state index in [-0.39, 0.29) is 0 Å². The molecule has 4 heterocycles. The van der Waals surface area contributed by atoms with Crippen LogP contribution in [0, 0.1) is 12.8 Å². The first-order valence-electron chi connectivity index (χ1n) is 9.47. The van der Waals surface area contributed by atoms with Crippen LogP contribution < -0.4 is 4.90 Å². The van der Waals surface area contributed by atoms with Gasteiger partial charge < -0.3 is 9.80 Å². The zero-order valence-electron chi connectivity index (χ0n) is 15.6. The molecule has 0 aliphatic carbocycles. The average molecular weight is 343 g/mol. The summed E-state index contributed by atoms with van der Waals surface area (Å²) in [5, 5.41) is 4.81. The predicted molar refractivity (Wildman–Crippen MR) is 98.9 cm³/mol. The number of aromatic nitrogens is 4. The smallest absolute Gasteiger partial charge is 0.254 e. The standard InChI is InChI=1S/C18H29N7/c1-14-4-6-24(7-5-14)17-12-15(2)19-18-20-16(21-25(17)18)13-23-10-8-22(3)9-11-23/h12,14H,4-11,13H2,1-3H3. The summed E-state index contributed by atoms with van der Waals surface area (Å²) in [5.41, 5.74) is 1.01. The van der Waals surface area contributed by atoms with Crippen LogP contribution in [0.2, 0.25) is 0 Å². The Kier molecular flexibility index (Phi) is 4.60. The van der Waals surface area contributed by atoms with Crippen molar-refractivity contribution in [2.75, 3.05) is 51.2 Å². The van der Waals surface area contributed by atoms with Crippen LogP contribution >= 0.6 is 0 Å². The third-order valence-corrected chi connectivity index (χ3v) is 5.53. The molecule has 136 valence electrons. The van der Waals surface area contributed by atoms with Gasteiger partial charge in [0.25, 0.3) is 5.78 Å². The third-order valence-electron chi connectivity index (χ3n) is 5.53. The van der Waals surface area contributed by atoms with Crippen molar-refractivity contribution in [3.05, 3.63) is 17.6 Å². The molecule has 7 nitrogen and oxygen atoms in total. The van der Waals surface area contributed by atoms with Crippen molar-refractivity contribution < 1.29 is 0 Å². The van der Waals surface area contributed by atoms with Crippen molar-refractivity contribution in [2.45, 2.75) is 33.2 Å². The highest BCUT2D eigenvalue weighted by Crippen LogP contribution is 2.23. The van der Waals surface area contributed by atoms with Gasteiger partial charge in [0.1, 0.15) is 5.82 Å². The summed E-state index contributed by atoms with van der Waals surface area (Å²) in [5.74, 6) is 3.58. The maximum Gasteiger partial charge on any atom is 0.254 e. The molecule has 2 aromatic heterocycles. The molecular formula is C18H29N7. The Balaban J connectivity index is 1.58. The fourth-order valence-electron chi connectivity index (χ4n) is 3.75. The fraction of sp³-hybridized carbons (Fsp3) is 0.722. The van der Waals surface area contributed by atoms with E-state index in [0.717, 1.165) is 74.8 Å². The lowest BCUT2D eigenvalue weighted by Gasteiger charge is -2.32. The number of likely N-dealkylation sites (N-methyl/N-ethyl adjacent to an activating group) is 1. The number of rotatable bonds is 3. The van der Waals surface area contributed by atoms with Gasteiger partial charge in [-0.2, -0.15) is 9.50 Å². The Morgan fingerprint density at radius 3 is 2.48 bits per heavy atom. The molecule has 0 bridgehead atoms. The van der Waals surface area contributed by atoms with Crippen molar-refractivity contribution in [3.8, 4) is 0 Å². The molecule has 2 aliphatic rings. The molecule has 2 aromatic rings. The van der Waals surface area contributed by atoms with Crippen molar-refractivity contribution in [2.24, 2.45) is 5.92 Å². The summed E-state index contributed by atoms with van der Waals surface area (Å²) in [6.07, 6.45) is 2.48. The van der Waals surface area contributed by atoms with Crippen LogP contribution in [0.15, 0.2) is 6.07 Å². The molecule has 0 aromatic carbocycles. The Labute approximate surface area is 149 Å². The first-order valence-corrected chi connectivity index (χ1v) is 9.47. The minimum absolute atomic E-state index is 0.734. The van der Waals surface area contributed by atoms with Crippen LogP contribution in [0.1, 0.15) is 31.3 Å². The molecule has 0 unspecified atom stereocenters. The first kappa shape index (κ1) is 16.7. The van der Waals surface area contributed by atoms with Gasteiger partial charge in [0, 0.05) is 51.0 Å². The topological polar surface area (TPSA) is 52.8 Å². The van der Waals surface area contributed by atoms with Gasteiger partial charge in [-0.05, 0) is 32.7 Å². The molecule has 0 spiro atoms. The summed E-state index contributed by atoms with van der Waals surface area (Å²) in [4.78, 5) is 16.6. The normalized spacial score (nSPS) is 21.3. The molecule has 0 radical (unpaired) electrons. The lowest BCUT2D eigenvalue weighted by atomic mass is 9.99. The molecule has 25 heavy (non-hydrogen) atoms. The number of piperazine rings is 1. The average Bonchev–Trinajstić information content (AvgIpc) is 2.99. The van der Waals surface area contributed by atoms with E-state index < -0.39 is 0 Å². The lowest BCUT2D eigenvalue weighted by molar-refractivity contribution is 0.145. The first-order chi connectivity index (χ1) is 12.1. The van der Waals surface area contributed by atoms with E-state index in [1.165, 1.54) is 12.8 Å². The molecule has 4 rings (SSSR count). The summed E-state index contributed by atoms with van der Waals surface area (Å²) < 4.78 is 1.95. The van der Waals surface area contributed by atoms with E-state index in [1.807, 2.05) is 11.4 Å². The molecule has 0 amide bonds. The number of nitrogens with zero attached hydrogens (tertiary/aromatic N) is 7. The molecule has 2 aliphatic heterocycles. The van der Waals surface area contributed by atoms with Crippen LogP contribution in [-0.4, -0.2) is 75.7 Å². The highest BCUT2D eigenvalue weighted by Gasteiger charge is 2.21. The summed E-state index contributed by atoms with van der Waals surface area (Å²) in [6, 6.07) is 2.15. The second-order valence-corrected chi connectivity index (χ2v) is 7.74. The van der Waals surface area contributed by atoms with Gasteiger partial charge >= 0.3 is 0 Å². The lowest BCUT2D eigenvalue weighted by Crippen LogP contribution is -2.44. The van der Waals surface area contributed by atoms with Crippen molar-refractivity contribution >= 4 is 11.6 Å². The number of aryl methyl sites for hydroxylation is 1. The summed E-state index contributed by atoms with van der Waals surface area (Å²) in [7, 11) is 2.18. The van der Waals surface area contributed by atoms with Crippen LogP contribution in [0.5, 0.6) is 0 Å². The van der Waals surface area contributed by atoms with E-state index in [0.29, 0.717) is 0 Å². The minimum Gasteiger partial charge on any atom is -0.356 e. The predicted octanol–water partition coefficient (Wildman–Crippen LogP) is 1.42. The quantitative estimate of drug-likeness (QED) is 0.840. The third kappa shape index (κ3) is 3.62. The number of anilines is 1.